The predicted molar refractivity (Wildman–Crippen MR) is 68.9 cm³/mol. The summed E-state index contributed by atoms with van der Waals surface area (Å²) in [6, 6.07) is 0. The van der Waals surface area contributed by atoms with Gasteiger partial charge >= 0.3 is 5.97 Å². The van der Waals surface area contributed by atoms with Gasteiger partial charge in [-0.15, -0.1) is 5.10 Å². The van der Waals surface area contributed by atoms with E-state index in [0.29, 0.717) is 12.4 Å². The van der Waals surface area contributed by atoms with Gasteiger partial charge in [0.25, 0.3) is 5.91 Å². The average molecular weight is 268 g/mol. The molecule has 1 heterocycles. The van der Waals surface area contributed by atoms with Crippen molar-refractivity contribution in [2.24, 2.45) is 0 Å². The van der Waals surface area contributed by atoms with Gasteiger partial charge in [-0.05, 0) is 6.92 Å². The molecular weight excluding hydrogens is 248 g/mol. The lowest BCUT2D eigenvalue weighted by Gasteiger charge is -2.18. The summed E-state index contributed by atoms with van der Waals surface area (Å²) in [6.07, 6.45) is -0.0872. The number of aromatic amines is 1. The first-order valence-electron chi connectivity index (χ1n) is 6.19. The summed E-state index contributed by atoms with van der Waals surface area (Å²) < 4.78 is 0. The maximum Gasteiger partial charge on any atom is 0.305 e. The Morgan fingerprint density at radius 3 is 2.42 bits per heavy atom. The number of H-pyrrole nitrogens is 1. The van der Waals surface area contributed by atoms with E-state index in [9.17, 15) is 9.59 Å². The molecule has 0 saturated heterocycles. The number of aliphatic carboxylic acids is 1. The molecule has 0 aliphatic carbocycles. The number of carbonyl (C=O) groups is 2. The summed E-state index contributed by atoms with van der Waals surface area (Å²) in [5.74, 6) is -0.575. The van der Waals surface area contributed by atoms with Gasteiger partial charge in [-0.3, -0.25) is 14.7 Å². The summed E-state index contributed by atoms with van der Waals surface area (Å²) in [5.41, 5.74) is -0.219. The Kier molecular flexibility index (Phi) is 4.63. The molecule has 0 unspecified atom stereocenters. The number of carboxylic acids is 1. The minimum Gasteiger partial charge on any atom is -0.481 e. The molecule has 1 aromatic rings. The van der Waals surface area contributed by atoms with Gasteiger partial charge in [-0.1, -0.05) is 20.8 Å². The van der Waals surface area contributed by atoms with Gasteiger partial charge in [0.2, 0.25) is 5.82 Å². The van der Waals surface area contributed by atoms with Crippen LogP contribution in [-0.4, -0.2) is 50.2 Å². The average Bonchev–Trinajstić information content (AvgIpc) is 2.77. The van der Waals surface area contributed by atoms with E-state index in [2.05, 4.69) is 15.2 Å². The third-order valence-electron chi connectivity index (χ3n) is 2.65. The standard InChI is InChI=1S/C12H20N4O3/c1-5-16(7-6-8(17)18)10(19)9-13-11(15-14-9)12(2,3)4/h5-7H2,1-4H3,(H,17,18)(H,13,14,15). The third-order valence-corrected chi connectivity index (χ3v) is 2.65. The zero-order valence-electron chi connectivity index (χ0n) is 11.7. The summed E-state index contributed by atoms with van der Waals surface area (Å²) in [7, 11) is 0. The van der Waals surface area contributed by atoms with Crippen molar-refractivity contribution in [3.05, 3.63) is 11.6 Å². The van der Waals surface area contributed by atoms with E-state index in [1.54, 1.807) is 6.92 Å². The first-order valence-corrected chi connectivity index (χ1v) is 6.19. The Bertz CT molecular complexity index is 462. The van der Waals surface area contributed by atoms with Crippen LogP contribution in [0.1, 0.15) is 50.6 Å². The van der Waals surface area contributed by atoms with E-state index in [0.717, 1.165) is 0 Å². The number of carboxylic acid groups (broad SMARTS) is 1. The van der Waals surface area contributed by atoms with Crippen LogP contribution in [0, 0.1) is 0 Å². The number of carbonyl (C=O) groups excluding carboxylic acids is 1. The van der Waals surface area contributed by atoms with Crippen LogP contribution >= 0.6 is 0 Å². The molecule has 1 amide bonds. The number of nitrogens with one attached hydrogen (secondary N) is 1. The molecule has 7 nitrogen and oxygen atoms in total. The van der Waals surface area contributed by atoms with E-state index in [1.165, 1.54) is 4.90 Å². The molecule has 1 aromatic heterocycles. The fraction of sp³-hybridized carbons (Fsp3) is 0.667. The molecule has 2 N–H and O–H groups in total. The quantitative estimate of drug-likeness (QED) is 0.831. The molecule has 0 fully saturated rings. The van der Waals surface area contributed by atoms with Gasteiger partial charge in [0.1, 0.15) is 5.82 Å². The smallest absolute Gasteiger partial charge is 0.305 e. The normalized spacial score (nSPS) is 11.4. The number of hydrogen-bond donors (Lipinski definition) is 2. The van der Waals surface area contributed by atoms with E-state index < -0.39 is 5.97 Å². The van der Waals surface area contributed by atoms with Gasteiger partial charge in [-0.25, -0.2) is 4.98 Å². The predicted octanol–water partition coefficient (Wildman–Crippen LogP) is 1.04. The Labute approximate surface area is 112 Å². The minimum atomic E-state index is -0.934. The van der Waals surface area contributed by atoms with Crippen LogP contribution in [0.2, 0.25) is 0 Å². The molecule has 19 heavy (non-hydrogen) atoms. The van der Waals surface area contributed by atoms with Crippen molar-refractivity contribution >= 4 is 11.9 Å². The number of rotatable bonds is 5. The number of aromatic nitrogens is 3. The van der Waals surface area contributed by atoms with Crippen molar-refractivity contribution in [3.8, 4) is 0 Å². The summed E-state index contributed by atoms with van der Waals surface area (Å²) >= 11 is 0. The van der Waals surface area contributed by atoms with Crippen molar-refractivity contribution in [2.45, 2.75) is 39.5 Å². The molecular formula is C12H20N4O3. The highest BCUT2D eigenvalue weighted by atomic mass is 16.4. The molecule has 1 rings (SSSR count). The summed E-state index contributed by atoms with van der Waals surface area (Å²) in [5, 5.41) is 15.3. The number of hydrogen-bond acceptors (Lipinski definition) is 4. The van der Waals surface area contributed by atoms with E-state index in [-0.39, 0.29) is 30.1 Å². The molecule has 0 aliphatic rings. The third kappa shape index (κ3) is 4.04. The molecule has 106 valence electrons. The molecule has 0 aromatic carbocycles. The molecule has 0 atom stereocenters. The molecule has 0 saturated carbocycles. The highest BCUT2D eigenvalue weighted by Gasteiger charge is 2.24. The Hall–Kier alpha value is -1.92. The summed E-state index contributed by atoms with van der Waals surface area (Å²) in [6.45, 7) is 8.25. The van der Waals surface area contributed by atoms with Crippen LogP contribution in [0.5, 0.6) is 0 Å². The maximum atomic E-state index is 12.1. The molecule has 0 bridgehead atoms. The van der Waals surface area contributed by atoms with Crippen molar-refractivity contribution in [2.75, 3.05) is 13.1 Å². The van der Waals surface area contributed by atoms with Gasteiger partial charge < -0.3 is 10.0 Å². The first-order chi connectivity index (χ1) is 8.75. The van der Waals surface area contributed by atoms with E-state index in [4.69, 9.17) is 5.11 Å². The minimum absolute atomic E-state index is 0.0807. The van der Waals surface area contributed by atoms with Crippen LogP contribution in [0.3, 0.4) is 0 Å². The first kappa shape index (κ1) is 15.1. The fourth-order valence-corrected chi connectivity index (χ4v) is 1.47. The van der Waals surface area contributed by atoms with Crippen molar-refractivity contribution in [1.82, 2.24) is 20.1 Å². The molecule has 0 radical (unpaired) electrons. The van der Waals surface area contributed by atoms with Gasteiger partial charge in [0.15, 0.2) is 0 Å². The van der Waals surface area contributed by atoms with Crippen LogP contribution in [0.15, 0.2) is 0 Å². The van der Waals surface area contributed by atoms with Crippen molar-refractivity contribution in [1.29, 1.82) is 0 Å². The molecule has 7 heteroatoms. The monoisotopic (exact) mass is 268 g/mol. The van der Waals surface area contributed by atoms with E-state index in [1.807, 2.05) is 20.8 Å². The van der Waals surface area contributed by atoms with Gasteiger partial charge in [0, 0.05) is 18.5 Å². The second kappa shape index (κ2) is 5.81. The van der Waals surface area contributed by atoms with Crippen LogP contribution < -0.4 is 0 Å². The zero-order chi connectivity index (χ0) is 14.6. The van der Waals surface area contributed by atoms with Crippen molar-refractivity contribution in [3.63, 3.8) is 0 Å². The Morgan fingerprint density at radius 1 is 1.37 bits per heavy atom. The maximum absolute atomic E-state index is 12.1. The van der Waals surface area contributed by atoms with Gasteiger partial charge in [-0.2, -0.15) is 0 Å². The highest BCUT2D eigenvalue weighted by Crippen LogP contribution is 2.17. The van der Waals surface area contributed by atoms with Crippen molar-refractivity contribution < 1.29 is 14.7 Å². The Balaban J connectivity index is 2.80. The van der Waals surface area contributed by atoms with Crippen LogP contribution in [0.25, 0.3) is 0 Å². The second-order valence-corrected chi connectivity index (χ2v) is 5.29. The zero-order valence-corrected chi connectivity index (χ0v) is 11.7. The van der Waals surface area contributed by atoms with Gasteiger partial charge in [0.05, 0.1) is 6.42 Å². The number of nitrogens with zero attached hydrogens (tertiary/aromatic N) is 3. The molecule has 0 aliphatic heterocycles. The Morgan fingerprint density at radius 2 is 2.00 bits per heavy atom. The van der Waals surface area contributed by atoms with Crippen LogP contribution in [0.4, 0.5) is 0 Å². The number of amides is 1. The fourth-order valence-electron chi connectivity index (χ4n) is 1.47. The lowest BCUT2D eigenvalue weighted by Crippen LogP contribution is -2.33. The summed E-state index contributed by atoms with van der Waals surface area (Å²) in [4.78, 5) is 28.2. The lowest BCUT2D eigenvalue weighted by atomic mass is 9.96. The lowest BCUT2D eigenvalue weighted by molar-refractivity contribution is -0.137. The second-order valence-electron chi connectivity index (χ2n) is 5.29. The molecule has 0 spiro atoms. The van der Waals surface area contributed by atoms with E-state index >= 15 is 0 Å². The largest absolute Gasteiger partial charge is 0.481 e. The SMILES string of the molecule is CCN(CCC(=O)O)C(=O)c1n[nH]c(C(C)(C)C)n1. The topological polar surface area (TPSA) is 99.2 Å². The van der Waals surface area contributed by atoms with Crippen LogP contribution in [-0.2, 0) is 10.2 Å². The highest BCUT2D eigenvalue weighted by molar-refractivity contribution is 5.90.